The molecule has 1 saturated heterocycles. The molecule has 0 aliphatic carbocycles. The summed E-state index contributed by atoms with van der Waals surface area (Å²) < 4.78 is 11.1. The number of morpholine rings is 1. The molecule has 0 spiro atoms. The zero-order valence-electron chi connectivity index (χ0n) is 14.4. The highest BCUT2D eigenvalue weighted by atomic mass is 16.5. The molecule has 3 rings (SSSR count). The largest absolute Gasteiger partial charge is 0.382 e. The smallest absolute Gasteiger partial charge is 0.228 e. The zero-order chi connectivity index (χ0) is 17.3. The van der Waals surface area contributed by atoms with E-state index in [1.807, 2.05) is 36.9 Å². The van der Waals surface area contributed by atoms with Crippen LogP contribution in [-0.4, -0.2) is 55.2 Å². The van der Waals surface area contributed by atoms with E-state index in [0.29, 0.717) is 32.5 Å². The third-order valence-corrected chi connectivity index (χ3v) is 4.34. The summed E-state index contributed by atoms with van der Waals surface area (Å²) in [5, 5.41) is 2.83. The monoisotopic (exact) mass is 332 g/mol. The Morgan fingerprint density at radius 3 is 3.00 bits per heavy atom. The van der Waals surface area contributed by atoms with E-state index in [1.54, 1.807) is 7.11 Å². The molecule has 1 aromatic carbocycles. The number of methoxy groups -OCH3 is 1. The van der Waals surface area contributed by atoms with Gasteiger partial charge in [-0.15, -0.1) is 0 Å². The topological polar surface area (TPSA) is 67.9 Å². The van der Waals surface area contributed by atoms with Crippen molar-refractivity contribution in [2.75, 3.05) is 32.1 Å². The second-order valence-corrected chi connectivity index (χ2v) is 7.12. The predicted octanol–water partition coefficient (Wildman–Crippen LogP) is 1.38. The number of rotatable bonds is 4. The van der Waals surface area contributed by atoms with Crippen LogP contribution in [-0.2, 0) is 31.9 Å². The first-order chi connectivity index (χ1) is 11.4. The van der Waals surface area contributed by atoms with Crippen molar-refractivity contribution in [1.29, 1.82) is 0 Å². The molecule has 1 atom stereocenters. The Bertz CT molecular complexity index is 656. The summed E-state index contributed by atoms with van der Waals surface area (Å²) >= 11 is 0. The lowest BCUT2D eigenvalue weighted by Crippen LogP contribution is -2.56. The molecular formula is C18H24N2O4. The maximum absolute atomic E-state index is 12.7. The lowest BCUT2D eigenvalue weighted by atomic mass is 10.0. The van der Waals surface area contributed by atoms with E-state index in [0.717, 1.165) is 16.8 Å². The van der Waals surface area contributed by atoms with Gasteiger partial charge in [-0.05, 0) is 31.0 Å². The molecule has 6 heteroatoms. The molecule has 2 heterocycles. The van der Waals surface area contributed by atoms with E-state index >= 15 is 0 Å². The summed E-state index contributed by atoms with van der Waals surface area (Å²) in [4.78, 5) is 26.0. The first kappa shape index (κ1) is 16.9. The van der Waals surface area contributed by atoms with Gasteiger partial charge >= 0.3 is 0 Å². The number of carbonyl (C=O) groups is 2. The molecule has 2 amide bonds. The van der Waals surface area contributed by atoms with Crippen molar-refractivity contribution < 1.29 is 19.1 Å². The van der Waals surface area contributed by atoms with Crippen molar-refractivity contribution in [3.63, 3.8) is 0 Å². The Hall–Kier alpha value is -1.92. The van der Waals surface area contributed by atoms with Gasteiger partial charge in [-0.1, -0.05) is 12.1 Å². The quantitative estimate of drug-likeness (QED) is 0.904. The van der Waals surface area contributed by atoms with Crippen molar-refractivity contribution in [3.05, 3.63) is 29.3 Å². The molecule has 1 aromatic rings. The van der Waals surface area contributed by atoms with Crippen LogP contribution in [0.1, 0.15) is 25.0 Å². The lowest BCUT2D eigenvalue weighted by molar-refractivity contribution is -0.168. The molecule has 0 unspecified atom stereocenters. The fourth-order valence-corrected chi connectivity index (χ4v) is 3.42. The molecule has 24 heavy (non-hydrogen) atoms. The van der Waals surface area contributed by atoms with Crippen molar-refractivity contribution in [2.45, 2.75) is 38.4 Å². The number of hydrogen-bond donors (Lipinski definition) is 1. The van der Waals surface area contributed by atoms with Gasteiger partial charge in [0, 0.05) is 25.9 Å². The SMILES string of the molecule is COC[C@@H]1CN(C(=O)Cc2ccc3c(c2)NC(=O)C3)CC(C)(C)O1. The van der Waals surface area contributed by atoms with Gasteiger partial charge in [-0.3, -0.25) is 9.59 Å². The molecule has 0 radical (unpaired) electrons. The van der Waals surface area contributed by atoms with Crippen LogP contribution in [0.2, 0.25) is 0 Å². The van der Waals surface area contributed by atoms with Crippen LogP contribution in [0.3, 0.4) is 0 Å². The number of amides is 2. The Morgan fingerprint density at radius 1 is 1.46 bits per heavy atom. The van der Waals surface area contributed by atoms with Gasteiger partial charge in [-0.25, -0.2) is 0 Å². The Kier molecular flexibility index (Phi) is 4.60. The number of hydrogen-bond acceptors (Lipinski definition) is 4. The minimum atomic E-state index is -0.386. The molecule has 2 aliphatic heterocycles. The number of anilines is 1. The van der Waals surface area contributed by atoms with Gasteiger partial charge in [0.2, 0.25) is 11.8 Å². The van der Waals surface area contributed by atoms with Crippen molar-refractivity contribution in [1.82, 2.24) is 4.90 Å². The molecular weight excluding hydrogens is 308 g/mol. The van der Waals surface area contributed by atoms with E-state index < -0.39 is 0 Å². The number of carbonyl (C=O) groups excluding carboxylic acids is 2. The second kappa shape index (κ2) is 6.53. The van der Waals surface area contributed by atoms with Crippen molar-refractivity contribution >= 4 is 17.5 Å². The maximum Gasteiger partial charge on any atom is 0.228 e. The summed E-state index contributed by atoms with van der Waals surface area (Å²) in [6.07, 6.45) is 0.626. The highest BCUT2D eigenvalue weighted by molar-refractivity contribution is 5.99. The normalized spacial score (nSPS) is 22.2. The minimum Gasteiger partial charge on any atom is -0.382 e. The molecule has 0 aromatic heterocycles. The fourth-order valence-electron chi connectivity index (χ4n) is 3.42. The van der Waals surface area contributed by atoms with E-state index in [9.17, 15) is 9.59 Å². The van der Waals surface area contributed by atoms with Gasteiger partial charge in [0.15, 0.2) is 0 Å². The Labute approximate surface area is 142 Å². The lowest BCUT2D eigenvalue weighted by Gasteiger charge is -2.42. The highest BCUT2D eigenvalue weighted by Gasteiger charge is 2.35. The molecule has 6 nitrogen and oxygen atoms in total. The average Bonchev–Trinajstić information content (AvgIpc) is 2.85. The second-order valence-electron chi connectivity index (χ2n) is 7.12. The standard InChI is InChI=1S/C18H24N2O4/c1-18(2)11-20(9-14(24-18)10-23-3)17(22)7-12-4-5-13-8-16(21)19-15(13)6-12/h4-6,14H,7-11H2,1-3H3,(H,19,21)/t14-/m0/s1. The number of fused-ring (bicyclic) bond motifs is 1. The van der Waals surface area contributed by atoms with Gasteiger partial charge in [0.25, 0.3) is 0 Å². The van der Waals surface area contributed by atoms with Crippen molar-refractivity contribution in [3.8, 4) is 0 Å². The van der Waals surface area contributed by atoms with Crippen LogP contribution in [0, 0.1) is 0 Å². The molecule has 1 fully saturated rings. The summed E-state index contributed by atoms with van der Waals surface area (Å²) in [6.45, 7) is 5.55. The molecule has 130 valence electrons. The van der Waals surface area contributed by atoms with Crippen LogP contribution < -0.4 is 5.32 Å². The summed E-state index contributed by atoms with van der Waals surface area (Å²) in [7, 11) is 1.63. The zero-order valence-corrected chi connectivity index (χ0v) is 14.4. The number of nitrogens with one attached hydrogen (secondary N) is 1. The summed E-state index contributed by atoms with van der Waals surface area (Å²) in [5.41, 5.74) is 2.34. The Balaban J connectivity index is 1.68. The molecule has 2 aliphatic rings. The average molecular weight is 332 g/mol. The Morgan fingerprint density at radius 2 is 2.25 bits per heavy atom. The van der Waals surface area contributed by atoms with E-state index in [2.05, 4.69) is 5.32 Å². The molecule has 1 N–H and O–H groups in total. The predicted molar refractivity (Wildman–Crippen MR) is 89.9 cm³/mol. The molecule has 0 bridgehead atoms. The van der Waals surface area contributed by atoms with Gasteiger partial charge in [0.05, 0.1) is 31.2 Å². The minimum absolute atomic E-state index is 0.00538. The van der Waals surface area contributed by atoms with Crippen LogP contribution in [0.25, 0.3) is 0 Å². The fraction of sp³-hybridized carbons (Fsp3) is 0.556. The third-order valence-electron chi connectivity index (χ3n) is 4.34. The first-order valence-electron chi connectivity index (χ1n) is 8.22. The highest BCUT2D eigenvalue weighted by Crippen LogP contribution is 2.25. The summed E-state index contributed by atoms with van der Waals surface area (Å²) in [5.74, 6) is 0.0718. The molecule has 0 saturated carbocycles. The van der Waals surface area contributed by atoms with Gasteiger partial charge in [-0.2, -0.15) is 0 Å². The summed E-state index contributed by atoms with van der Waals surface area (Å²) in [6, 6.07) is 5.75. The van der Waals surface area contributed by atoms with E-state index in [-0.39, 0.29) is 23.5 Å². The van der Waals surface area contributed by atoms with Gasteiger partial charge in [0.1, 0.15) is 0 Å². The van der Waals surface area contributed by atoms with Crippen LogP contribution in [0.4, 0.5) is 5.69 Å². The van der Waals surface area contributed by atoms with E-state index in [1.165, 1.54) is 0 Å². The van der Waals surface area contributed by atoms with Crippen molar-refractivity contribution in [2.24, 2.45) is 0 Å². The number of nitrogens with zero attached hydrogens (tertiary/aromatic N) is 1. The van der Waals surface area contributed by atoms with Crippen LogP contribution in [0.15, 0.2) is 18.2 Å². The third kappa shape index (κ3) is 3.76. The number of ether oxygens (including phenoxy) is 2. The maximum atomic E-state index is 12.7. The van der Waals surface area contributed by atoms with Crippen LogP contribution >= 0.6 is 0 Å². The first-order valence-corrected chi connectivity index (χ1v) is 8.22. The number of benzene rings is 1. The van der Waals surface area contributed by atoms with Crippen LogP contribution in [0.5, 0.6) is 0 Å². The van der Waals surface area contributed by atoms with Gasteiger partial charge < -0.3 is 19.7 Å². The van der Waals surface area contributed by atoms with E-state index in [4.69, 9.17) is 9.47 Å².